The molecule has 2 N–H and O–H groups in total. The molecule has 2 bridgehead atoms. The van der Waals surface area contributed by atoms with Crippen LogP contribution in [0, 0.1) is 5.41 Å². The maximum Gasteiger partial charge on any atom is 0.0636 e. The second-order valence-electron chi connectivity index (χ2n) is 6.16. The highest BCUT2D eigenvalue weighted by Gasteiger charge is 2.55. The quantitative estimate of drug-likeness (QED) is 0.740. The zero-order chi connectivity index (χ0) is 11.2. The summed E-state index contributed by atoms with van der Waals surface area (Å²) >= 11 is 0. The van der Waals surface area contributed by atoms with Crippen LogP contribution in [0.4, 0.5) is 0 Å². The highest BCUT2D eigenvalue weighted by molar-refractivity contribution is 5.09. The molecule has 0 aromatic heterocycles. The third-order valence-electron chi connectivity index (χ3n) is 5.55. The van der Waals surface area contributed by atoms with Gasteiger partial charge >= 0.3 is 0 Å². The van der Waals surface area contributed by atoms with Crippen LogP contribution in [0.15, 0.2) is 0 Å². The molecule has 0 radical (unpaired) electrons. The van der Waals surface area contributed by atoms with E-state index in [0.29, 0.717) is 0 Å². The Hall–Kier alpha value is -0.120. The minimum absolute atomic E-state index is 0.151. The van der Waals surface area contributed by atoms with E-state index in [9.17, 15) is 10.2 Å². The molecule has 4 rings (SSSR count). The predicted molar refractivity (Wildman–Crippen MR) is 62.1 cm³/mol. The lowest BCUT2D eigenvalue weighted by atomic mass is 9.55. The van der Waals surface area contributed by atoms with Crippen molar-refractivity contribution in [3.8, 4) is 0 Å². The van der Waals surface area contributed by atoms with Crippen molar-refractivity contribution in [1.82, 2.24) is 4.90 Å². The average Bonchev–Trinajstić information content (AvgIpc) is 2.84. The van der Waals surface area contributed by atoms with Crippen molar-refractivity contribution < 1.29 is 10.2 Å². The lowest BCUT2D eigenvalue weighted by Crippen LogP contribution is -2.62. The molecule has 92 valence electrons. The van der Waals surface area contributed by atoms with Gasteiger partial charge in [-0.05, 0) is 58.0 Å². The molecule has 3 nitrogen and oxygen atoms in total. The molecule has 16 heavy (non-hydrogen) atoms. The van der Waals surface area contributed by atoms with Crippen LogP contribution in [-0.2, 0) is 0 Å². The van der Waals surface area contributed by atoms with Crippen LogP contribution >= 0.6 is 0 Å². The first-order valence-electron chi connectivity index (χ1n) is 6.75. The molecule has 1 atom stereocenters. The molecule has 0 spiro atoms. The second-order valence-corrected chi connectivity index (χ2v) is 6.16. The standard InChI is InChI=1S/C13H23NO2/c15-10-12-3-5-13(6-4-12,9-11(12)16)14-7-1-2-8-14/h11,15-16H,1-10H2/t11-,12?,13?/m0/s1. The van der Waals surface area contributed by atoms with Gasteiger partial charge in [0, 0.05) is 11.0 Å². The van der Waals surface area contributed by atoms with Crippen LogP contribution in [0.3, 0.4) is 0 Å². The van der Waals surface area contributed by atoms with Crippen molar-refractivity contribution in [3.05, 3.63) is 0 Å². The van der Waals surface area contributed by atoms with Gasteiger partial charge in [0.05, 0.1) is 12.7 Å². The Morgan fingerprint density at radius 1 is 1.06 bits per heavy atom. The van der Waals surface area contributed by atoms with E-state index in [1.54, 1.807) is 0 Å². The fourth-order valence-electron chi connectivity index (χ4n) is 4.23. The molecule has 0 aromatic carbocycles. The van der Waals surface area contributed by atoms with Gasteiger partial charge in [0.25, 0.3) is 0 Å². The monoisotopic (exact) mass is 225 g/mol. The summed E-state index contributed by atoms with van der Waals surface area (Å²) in [6.45, 7) is 2.61. The molecular formula is C13H23NO2. The van der Waals surface area contributed by atoms with Crippen molar-refractivity contribution >= 4 is 0 Å². The summed E-state index contributed by atoms with van der Waals surface area (Å²) in [5, 5.41) is 19.8. The Labute approximate surface area is 97.4 Å². The van der Waals surface area contributed by atoms with Gasteiger partial charge in [-0.2, -0.15) is 0 Å². The number of hydrogen-bond acceptors (Lipinski definition) is 3. The molecule has 0 aromatic rings. The van der Waals surface area contributed by atoms with Crippen molar-refractivity contribution in [2.24, 2.45) is 5.41 Å². The van der Waals surface area contributed by atoms with Gasteiger partial charge in [-0.3, -0.25) is 4.90 Å². The smallest absolute Gasteiger partial charge is 0.0636 e. The van der Waals surface area contributed by atoms with E-state index >= 15 is 0 Å². The number of hydrogen-bond donors (Lipinski definition) is 2. The van der Waals surface area contributed by atoms with Crippen LogP contribution in [-0.4, -0.2) is 46.5 Å². The number of fused-ring (bicyclic) bond motifs is 3. The van der Waals surface area contributed by atoms with Crippen molar-refractivity contribution in [2.75, 3.05) is 19.7 Å². The maximum atomic E-state index is 10.3. The highest BCUT2D eigenvalue weighted by Crippen LogP contribution is 2.54. The predicted octanol–water partition coefficient (Wildman–Crippen LogP) is 1.14. The SMILES string of the molecule is OCC12CCC(N3CCCC3)(CC1)C[C@@H]2O. The van der Waals surface area contributed by atoms with Crippen LogP contribution in [0.1, 0.15) is 44.9 Å². The summed E-state index contributed by atoms with van der Waals surface area (Å²) in [5.41, 5.74) is 0.133. The zero-order valence-corrected chi connectivity index (χ0v) is 9.99. The summed E-state index contributed by atoms with van der Waals surface area (Å²) in [6, 6.07) is 0. The van der Waals surface area contributed by atoms with E-state index < -0.39 is 0 Å². The lowest BCUT2D eigenvalue weighted by Gasteiger charge is -2.58. The summed E-state index contributed by atoms with van der Waals surface area (Å²) in [6.07, 6.45) is 7.66. The van der Waals surface area contributed by atoms with Gasteiger partial charge in [-0.1, -0.05) is 0 Å². The summed E-state index contributed by atoms with van der Waals surface area (Å²) in [4.78, 5) is 2.62. The molecule has 1 heterocycles. The Kier molecular flexibility index (Phi) is 2.54. The van der Waals surface area contributed by atoms with Gasteiger partial charge < -0.3 is 10.2 Å². The molecule has 3 aliphatic carbocycles. The van der Waals surface area contributed by atoms with Crippen LogP contribution in [0.5, 0.6) is 0 Å². The Bertz CT molecular complexity index is 265. The summed E-state index contributed by atoms with van der Waals surface area (Å²) in [5.74, 6) is 0. The van der Waals surface area contributed by atoms with Gasteiger partial charge in [-0.25, -0.2) is 0 Å². The molecule has 4 fully saturated rings. The van der Waals surface area contributed by atoms with Crippen LogP contribution < -0.4 is 0 Å². The molecule has 1 saturated heterocycles. The molecule has 3 heteroatoms. The minimum Gasteiger partial charge on any atom is -0.396 e. The number of rotatable bonds is 2. The minimum atomic E-state index is -0.277. The highest BCUT2D eigenvalue weighted by atomic mass is 16.3. The van der Waals surface area contributed by atoms with E-state index in [1.807, 2.05) is 0 Å². The Morgan fingerprint density at radius 3 is 2.19 bits per heavy atom. The first-order chi connectivity index (χ1) is 7.71. The van der Waals surface area contributed by atoms with Crippen molar-refractivity contribution in [3.63, 3.8) is 0 Å². The third kappa shape index (κ3) is 1.38. The summed E-state index contributed by atoms with van der Waals surface area (Å²) < 4.78 is 0. The van der Waals surface area contributed by atoms with Gasteiger partial charge in [0.15, 0.2) is 0 Å². The first kappa shape index (κ1) is 11.0. The molecule has 0 amide bonds. The number of likely N-dealkylation sites (tertiary alicyclic amines) is 1. The fraction of sp³-hybridized carbons (Fsp3) is 1.00. The average molecular weight is 225 g/mol. The van der Waals surface area contributed by atoms with Crippen LogP contribution in [0.2, 0.25) is 0 Å². The molecular weight excluding hydrogens is 202 g/mol. The topological polar surface area (TPSA) is 43.7 Å². The molecule has 1 aliphatic heterocycles. The van der Waals surface area contributed by atoms with Crippen molar-refractivity contribution in [1.29, 1.82) is 0 Å². The van der Waals surface area contributed by atoms with Crippen LogP contribution in [0.25, 0.3) is 0 Å². The number of aliphatic hydroxyl groups excluding tert-OH is 2. The van der Waals surface area contributed by atoms with E-state index in [2.05, 4.69) is 4.90 Å². The van der Waals surface area contributed by atoms with Crippen molar-refractivity contribution in [2.45, 2.75) is 56.6 Å². The van der Waals surface area contributed by atoms with E-state index in [0.717, 1.165) is 19.3 Å². The molecule has 4 aliphatic rings. The third-order valence-corrected chi connectivity index (χ3v) is 5.55. The van der Waals surface area contributed by atoms with E-state index in [4.69, 9.17) is 0 Å². The fourth-order valence-corrected chi connectivity index (χ4v) is 4.23. The molecule has 3 saturated carbocycles. The van der Waals surface area contributed by atoms with Gasteiger partial charge in [0.1, 0.15) is 0 Å². The van der Waals surface area contributed by atoms with E-state index in [1.165, 1.54) is 38.8 Å². The molecule has 0 unspecified atom stereocenters. The number of nitrogens with zero attached hydrogens (tertiary/aromatic N) is 1. The normalized spacial score (nSPS) is 48.8. The Morgan fingerprint density at radius 2 is 1.69 bits per heavy atom. The Balaban J connectivity index is 1.81. The van der Waals surface area contributed by atoms with Gasteiger partial charge in [-0.15, -0.1) is 0 Å². The van der Waals surface area contributed by atoms with E-state index in [-0.39, 0.29) is 23.7 Å². The lowest BCUT2D eigenvalue weighted by molar-refractivity contribution is -0.146. The number of aliphatic hydroxyl groups is 2. The largest absolute Gasteiger partial charge is 0.396 e. The first-order valence-corrected chi connectivity index (χ1v) is 6.75. The zero-order valence-electron chi connectivity index (χ0n) is 9.99. The second kappa shape index (κ2) is 3.69. The van der Waals surface area contributed by atoms with Gasteiger partial charge in [0.2, 0.25) is 0 Å². The maximum absolute atomic E-state index is 10.3. The summed E-state index contributed by atoms with van der Waals surface area (Å²) in [7, 11) is 0.